The van der Waals surface area contributed by atoms with E-state index in [0.717, 1.165) is 30.4 Å². The van der Waals surface area contributed by atoms with Crippen molar-refractivity contribution in [2.45, 2.75) is 51.5 Å². The van der Waals surface area contributed by atoms with Crippen LogP contribution in [0.15, 0.2) is 18.2 Å². The predicted molar refractivity (Wildman–Crippen MR) is 69.4 cm³/mol. The van der Waals surface area contributed by atoms with Crippen LogP contribution in [0.5, 0.6) is 0 Å². The van der Waals surface area contributed by atoms with E-state index in [-0.39, 0.29) is 11.4 Å². The van der Waals surface area contributed by atoms with Gasteiger partial charge in [-0.15, -0.1) is 0 Å². The molecule has 0 aliphatic heterocycles. The predicted octanol–water partition coefficient (Wildman–Crippen LogP) is 3.58. The number of nitrogens with two attached hydrogens (primary N) is 1. The number of hydrogen-bond acceptors (Lipinski definition) is 1. The molecule has 0 heterocycles. The maximum atomic E-state index is 13.3. The first-order valence-corrected chi connectivity index (χ1v) is 6.52. The second-order valence-corrected chi connectivity index (χ2v) is 5.81. The molecule has 1 aliphatic rings. The zero-order valence-corrected chi connectivity index (χ0v) is 10.8. The molecule has 2 atom stereocenters. The lowest BCUT2D eigenvalue weighted by Crippen LogP contribution is -2.46. The molecule has 0 aromatic heterocycles. The van der Waals surface area contributed by atoms with E-state index >= 15 is 0 Å². The summed E-state index contributed by atoms with van der Waals surface area (Å²) in [6.07, 6.45) is 5.41. The minimum absolute atomic E-state index is 0.129. The van der Waals surface area contributed by atoms with E-state index in [2.05, 4.69) is 6.92 Å². The Balaban J connectivity index is 2.16. The van der Waals surface area contributed by atoms with Gasteiger partial charge in [-0.1, -0.05) is 25.8 Å². The fourth-order valence-corrected chi connectivity index (χ4v) is 3.07. The van der Waals surface area contributed by atoms with Gasteiger partial charge in [-0.25, -0.2) is 4.39 Å². The zero-order chi connectivity index (χ0) is 12.5. The molecule has 0 radical (unpaired) electrons. The monoisotopic (exact) mass is 235 g/mol. The minimum Gasteiger partial charge on any atom is -0.325 e. The molecular formula is C15H22FN. The summed E-state index contributed by atoms with van der Waals surface area (Å²) in [5, 5.41) is 0. The summed E-state index contributed by atoms with van der Waals surface area (Å²) < 4.78 is 13.3. The Kier molecular flexibility index (Phi) is 3.53. The van der Waals surface area contributed by atoms with Crippen LogP contribution in [0.4, 0.5) is 4.39 Å². The third-order valence-electron chi connectivity index (χ3n) is 3.98. The topological polar surface area (TPSA) is 26.0 Å². The number of hydrogen-bond donors (Lipinski definition) is 1. The van der Waals surface area contributed by atoms with Crippen molar-refractivity contribution in [3.8, 4) is 0 Å². The van der Waals surface area contributed by atoms with Gasteiger partial charge < -0.3 is 5.73 Å². The summed E-state index contributed by atoms with van der Waals surface area (Å²) in [7, 11) is 0. The molecule has 1 fully saturated rings. The van der Waals surface area contributed by atoms with Crippen molar-refractivity contribution in [1.29, 1.82) is 0 Å². The molecule has 1 nitrogen and oxygen atoms in total. The minimum atomic E-state index is -0.155. The molecule has 0 spiro atoms. The van der Waals surface area contributed by atoms with Gasteiger partial charge in [0.25, 0.3) is 0 Å². The lowest BCUT2D eigenvalue weighted by Gasteiger charge is -2.37. The summed E-state index contributed by atoms with van der Waals surface area (Å²) in [5.74, 6) is 0.542. The molecule has 2 unspecified atom stereocenters. The number of rotatable bonds is 2. The highest BCUT2D eigenvalue weighted by Crippen LogP contribution is 2.33. The molecule has 94 valence electrons. The summed E-state index contributed by atoms with van der Waals surface area (Å²) in [6, 6.07) is 5.01. The van der Waals surface area contributed by atoms with Gasteiger partial charge in [0.15, 0.2) is 0 Å². The van der Waals surface area contributed by atoms with Crippen LogP contribution in [0.3, 0.4) is 0 Å². The number of benzene rings is 1. The van der Waals surface area contributed by atoms with E-state index in [4.69, 9.17) is 5.73 Å². The fourth-order valence-electron chi connectivity index (χ4n) is 3.07. The van der Waals surface area contributed by atoms with Gasteiger partial charge in [0, 0.05) is 5.54 Å². The van der Waals surface area contributed by atoms with Gasteiger partial charge in [0.2, 0.25) is 0 Å². The van der Waals surface area contributed by atoms with Crippen molar-refractivity contribution in [3.05, 3.63) is 35.1 Å². The maximum absolute atomic E-state index is 13.3. The van der Waals surface area contributed by atoms with Crippen molar-refractivity contribution >= 4 is 0 Å². The second-order valence-electron chi connectivity index (χ2n) is 5.81. The molecule has 17 heavy (non-hydrogen) atoms. The Morgan fingerprint density at radius 3 is 2.94 bits per heavy atom. The Labute approximate surface area is 103 Å². The van der Waals surface area contributed by atoms with Gasteiger partial charge in [-0.05, 0) is 55.4 Å². The second kappa shape index (κ2) is 4.77. The highest BCUT2D eigenvalue weighted by atomic mass is 19.1. The van der Waals surface area contributed by atoms with E-state index in [9.17, 15) is 4.39 Å². The Morgan fingerprint density at radius 2 is 2.24 bits per heavy atom. The van der Waals surface area contributed by atoms with E-state index < -0.39 is 0 Å². The number of halogens is 1. The van der Waals surface area contributed by atoms with Crippen molar-refractivity contribution in [2.75, 3.05) is 0 Å². The van der Waals surface area contributed by atoms with E-state index in [1.807, 2.05) is 13.0 Å². The SMILES string of the molecule is Cc1ccc(F)cc1CC1(N)CCCC(C)C1. The van der Waals surface area contributed by atoms with Gasteiger partial charge >= 0.3 is 0 Å². The zero-order valence-electron chi connectivity index (χ0n) is 10.8. The maximum Gasteiger partial charge on any atom is 0.123 e. The van der Waals surface area contributed by atoms with E-state index in [1.165, 1.54) is 18.9 Å². The first-order chi connectivity index (χ1) is 7.98. The van der Waals surface area contributed by atoms with Crippen molar-refractivity contribution in [1.82, 2.24) is 0 Å². The first-order valence-electron chi connectivity index (χ1n) is 6.52. The van der Waals surface area contributed by atoms with Gasteiger partial charge in [0.05, 0.1) is 0 Å². The lowest BCUT2D eigenvalue weighted by atomic mass is 9.73. The lowest BCUT2D eigenvalue weighted by molar-refractivity contribution is 0.235. The van der Waals surface area contributed by atoms with Gasteiger partial charge in [-0.2, -0.15) is 0 Å². The number of aryl methyl sites for hydroxylation is 1. The molecule has 1 aromatic rings. The van der Waals surface area contributed by atoms with E-state index in [1.54, 1.807) is 6.07 Å². The molecule has 0 bridgehead atoms. The first kappa shape index (κ1) is 12.6. The van der Waals surface area contributed by atoms with E-state index in [0.29, 0.717) is 5.92 Å². The molecule has 1 aromatic carbocycles. The summed E-state index contributed by atoms with van der Waals surface area (Å²) in [6.45, 7) is 4.30. The molecular weight excluding hydrogens is 213 g/mol. The van der Waals surface area contributed by atoms with Crippen molar-refractivity contribution < 1.29 is 4.39 Å². The van der Waals surface area contributed by atoms with Crippen molar-refractivity contribution in [2.24, 2.45) is 11.7 Å². The fraction of sp³-hybridized carbons (Fsp3) is 0.600. The van der Waals surface area contributed by atoms with Crippen LogP contribution in [0.1, 0.15) is 43.7 Å². The normalized spacial score (nSPS) is 29.3. The highest BCUT2D eigenvalue weighted by molar-refractivity contribution is 5.28. The van der Waals surface area contributed by atoms with Crippen LogP contribution < -0.4 is 5.73 Å². The van der Waals surface area contributed by atoms with Crippen LogP contribution in [0.25, 0.3) is 0 Å². The van der Waals surface area contributed by atoms with Crippen LogP contribution in [0, 0.1) is 18.7 Å². The highest BCUT2D eigenvalue weighted by Gasteiger charge is 2.31. The van der Waals surface area contributed by atoms with Crippen LogP contribution in [-0.2, 0) is 6.42 Å². The van der Waals surface area contributed by atoms with Crippen LogP contribution in [0.2, 0.25) is 0 Å². The molecule has 2 heteroatoms. The molecule has 0 saturated heterocycles. The average molecular weight is 235 g/mol. The Bertz CT molecular complexity index is 402. The van der Waals surface area contributed by atoms with Crippen molar-refractivity contribution in [3.63, 3.8) is 0 Å². The molecule has 2 N–H and O–H groups in total. The standard InChI is InChI=1S/C15H22FN/c1-11-4-3-7-15(17,9-11)10-13-8-14(16)6-5-12(13)2/h5-6,8,11H,3-4,7,9-10,17H2,1-2H3. The summed E-state index contributed by atoms with van der Waals surface area (Å²) in [5.41, 5.74) is 8.57. The molecule has 0 amide bonds. The van der Waals surface area contributed by atoms with Gasteiger partial charge in [0.1, 0.15) is 5.82 Å². The Hall–Kier alpha value is -0.890. The Morgan fingerprint density at radius 1 is 1.47 bits per heavy atom. The third-order valence-corrected chi connectivity index (χ3v) is 3.98. The van der Waals surface area contributed by atoms with Crippen LogP contribution in [-0.4, -0.2) is 5.54 Å². The largest absolute Gasteiger partial charge is 0.325 e. The average Bonchev–Trinajstić information content (AvgIpc) is 2.22. The molecule has 1 aliphatic carbocycles. The van der Waals surface area contributed by atoms with Gasteiger partial charge in [-0.3, -0.25) is 0 Å². The van der Waals surface area contributed by atoms with Crippen LogP contribution >= 0.6 is 0 Å². The molecule has 1 saturated carbocycles. The third kappa shape index (κ3) is 3.06. The molecule has 2 rings (SSSR count). The summed E-state index contributed by atoms with van der Waals surface area (Å²) in [4.78, 5) is 0. The smallest absolute Gasteiger partial charge is 0.123 e. The quantitative estimate of drug-likeness (QED) is 0.833. The summed E-state index contributed by atoms with van der Waals surface area (Å²) >= 11 is 0.